The van der Waals surface area contributed by atoms with Gasteiger partial charge in [0.1, 0.15) is 6.10 Å². The van der Waals surface area contributed by atoms with E-state index in [1.807, 2.05) is 6.92 Å². The lowest BCUT2D eigenvalue weighted by molar-refractivity contribution is -0.498. The predicted octanol–water partition coefficient (Wildman–Crippen LogP) is 3.20. The second kappa shape index (κ2) is 4.47. The lowest BCUT2D eigenvalue weighted by Crippen LogP contribution is -2.51. The van der Waals surface area contributed by atoms with Crippen LogP contribution in [0.5, 0.6) is 0 Å². The SMILES string of the molecule is C=C(C)C1OOC2(CCCC2)O[C@H]1C(C)C. The molecule has 1 saturated heterocycles. The summed E-state index contributed by atoms with van der Waals surface area (Å²) in [5, 5.41) is 0. The van der Waals surface area contributed by atoms with E-state index in [-0.39, 0.29) is 12.2 Å². The molecule has 2 atom stereocenters. The van der Waals surface area contributed by atoms with Crippen molar-refractivity contribution in [1.29, 1.82) is 0 Å². The highest BCUT2D eigenvalue weighted by Gasteiger charge is 2.47. The molecule has 1 aliphatic heterocycles. The molecule has 1 heterocycles. The molecule has 0 aromatic rings. The summed E-state index contributed by atoms with van der Waals surface area (Å²) in [6.45, 7) is 10.2. The van der Waals surface area contributed by atoms with Crippen LogP contribution in [0.2, 0.25) is 0 Å². The monoisotopic (exact) mass is 226 g/mol. The fourth-order valence-corrected chi connectivity index (χ4v) is 2.49. The Kier molecular flexibility index (Phi) is 3.38. The van der Waals surface area contributed by atoms with E-state index >= 15 is 0 Å². The molecule has 2 aliphatic rings. The molecule has 3 nitrogen and oxygen atoms in total. The second-order valence-corrected chi connectivity index (χ2v) is 5.39. The van der Waals surface area contributed by atoms with Crippen molar-refractivity contribution in [2.75, 3.05) is 0 Å². The molecular formula is C13H22O3. The van der Waals surface area contributed by atoms with Crippen LogP contribution in [0.25, 0.3) is 0 Å². The van der Waals surface area contributed by atoms with Gasteiger partial charge in [-0.05, 0) is 31.3 Å². The van der Waals surface area contributed by atoms with Crippen molar-refractivity contribution in [3.05, 3.63) is 12.2 Å². The van der Waals surface area contributed by atoms with Gasteiger partial charge in [-0.25, -0.2) is 9.78 Å². The van der Waals surface area contributed by atoms with Crippen LogP contribution in [0.1, 0.15) is 46.5 Å². The maximum Gasteiger partial charge on any atom is 0.201 e. The van der Waals surface area contributed by atoms with Gasteiger partial charge >= 0.3 is 0 Å². The molecule has 1 saturated carbocycles. The summed E-state index contributed by atoms with van der Waals surface area (Å²) >= 11 is 0. The van der Waals surface area contributed by atoms with Gasteiger partial charge in [0.15, 0.2) is 0 Å². The van der Waals surface area contributed by atoms with Gasteiger partial charge in [-0.15, -0.1) is 0 Å². The molecule has 1 aliphatic carbocycles. The molecule has 3 heteroatoms. The molecule has 1 spiro atoms. The smallest absolute Gasteiger partial charge is 0.201 e. The zero-order chi connectivity index (χ0) is 11.8. The Morgan fingerprint density at radius 3 is 2.44 bits per heavy atom. The molecule has 0 aromatic heterocycles. The summed E-state index contributed by atoms with van der Waals surface area (Å²) in [7, 11) is 0. The van der Waals surface area contributed by atoms with E-state index in [4.69, 9.17) is 14.5 Å². The third-order valence-electron chi connectivity index (χ3n) is 3.46. The van der Waals surface area contributed by atoms with Crippen molar-refractivity contribution in [1.82, 2.24) is 0 Å². The van der Waals surface area contributed by atoms with Gasteiger partial charge in [-0.3, -0.25) is 0 Å². The Balaban J connectivity index is 2.11. The minimum Gasteiger partial charge on any atom is -0.340 e. The van der Waals surface area contributed by atoms with Crippen molar-refractivity contribution in [2.45, 2.75) is 64.4 Å². The fraction of sp³-hybridized carbons (Fsp3) is 0.846. The number of hydrogen-bond acceptors (Lipinski definition) is 3. The van der Waals surface area contributed by atoms with E-state index in [1.54, 1.807) is 0 Å². The van der Waals surface area contributed by atoms with Crippen molar-refractivity contribution in [3.63, 3.8) is 0 Å². The van der Waals surface area contributed by atoms with E-state index in [2.05, 4.69) is 20.4 Å². The van der Waals surface area contributed by atoms with Gasteiger partial charge < -0.3 is 4.74 Å². The standard InChI is InChI=1S/C13H22O3/c1-9(2)11-12(10(3)4)15-16-13(14-11)7-5-6-8-13/h9,11-12H,3,5-8H2,1-2,4H3/t11-,12?/m0/s1. The van der Waals surface area contributed by atoms with Crippen LogP contribution < -0.4 is 0 Å². The van der Waals surface area contributed by atoms with Crippen LogP contribution in [0.15, 0.2) is 12.2 Å². The first-order valence-electron chi connectivity index (χ1n) is 6.22. The quantitative estimate of drug-likeness (QED) is 0.534. The normalized spacial score (nSPS) is 33.5. The Bertz CT molecular complexity index is 266. The Hall–Kier alpha value is -0.380. The molecule has 2 rings (SSSR count). The third kappa shape index (κ3) is 2.17. The first-order valence-corrected chi connectivity index (χ1v) is 6.22. The second-order valence-electron chi connectivity index (χ2n) is 5.39. The number of ether oxygens (including phenoxy) is 1. The minimum atomic E-state index is -0.471. The van der Waals surface area contributed by atoms with Gasteiger partial charge in [0.2, 0.25) is 5.79 Å². The van der Waals surface area contributed by atoms with Gasteiger partial charge in [-0.2, -0.15) is 0 Å². The third-order valence-corrected chi connectivity index (χ3v) is 3.46. The van der Waals surface area contributed by atoms with Crippen molar-refractivity contribution >= 4 is 0 Å². The minimum absolute atomic E-state index is 0.0596. The van der Waals surface area contributed by atoms with Crippen LogP contribution in [-0.2, 0) is 14.5 Å². The van der Waals surface area contributed by atoms with Gasteiger partial charge in [0, 0.05) is 12.8 Å². The number of rotatable bonds is 2. The average Bonchev–Trinajstić information content (AvgIpc) is 2.66. The molecule has 16 heavy (non-hydrogen) atoms. The Morgan fingerprint density at radius 1 is 1.31 bits per heavy atom. The number of hydrogen-bond donors (Lipinski definition) is 0. The molecular weight excluding hydrogens is 204 g/mol. The zero-order valence-electron chi connectivity index (χ0n) is 10.5. The summed E-state index contributed by atoms with van der Waals surface area (Å²) < 4.78 is 6.16. The average molecular weight is 226 g/mol. The Labute approximate surface area is 97.7 Å². The van der Waals surface area contributed by atoms with Crippen molar-refractivity contribution < 1.29 is 14.5 Å². The molecule has 0 amide bonds. The lowest BCUT2D eigenvalue weighted by Gasteiger charge is -2.43. The highest BCUT2D eigenvalue weighted by molar-refractivity contribution is 5.03. The Morgan fingerprint density at radius 2 is 1.94 bits per heavy atom. The summed E-state index contributed by atoms with van der Waals surface area (Å²) in [6, 6.07) is 0. The molecule has 0 aromatic carbocycles. The lowest BCUT2D eigenvalue weighted by atomic mass is 9.96. The maximum atomic E-state index is 6.16. The summed E-state index contributed by atoms with van der Waals surface area (Å²) in [5.41, 5.74) is 0.964. The van der Waals surface area contributed by atoms with Crippen molar-refractivity contribution in [3.8, 4) is 0 Å². The highest BCUT2D eigenvalue weighted by atomic mass is 17.2. The topological polar surface area (TPSA) is 27.7 Å². The molecule has 2 fully saturated rings. The summed E-state index contributed by atoms with van der Waals surface area (Å²) in [4.78, 5) is 11.0. The summed E-state index contributed by atoms with van der Waals surface area (Å²) in [5.74, 6) is -0.0657. The fourth-order valence-electron chi connectivity index (χ4n) is 2.49. The van der Waals surface area contributed by atoms with Crippen LogP contribution in [0.3, 0.4) is 0 Å². The van der Waals surface area contributed by atoms with Gasteiger partial charge in [0.25, 0.3) is 0 Å². The van der Waals surface area contributed by atoms with Gasteiger partial charge in [-0.1, -0.05) is 20.4 Å². The van der Waals surface area contributed by atoms with Crippen LogP contribution in [0.4, 0.5) is 0 Å². The molecule has 92 valence electrons. The van der Waals surface area contributed by atoms with E-state index in [1.165, 1.54) is 0 Å². The van der Waals surface area contributed by atoms with Gasteiger partial charge in [0.05, 0.1) is 6.10 Å². The zero-order valence-corrected chi connectivity index (χ0v) is 10.5. The van der Waals surface area contributed by atoms with Crippen LogP contribution in [0, 0.1) is 5.92 Å². The van der Waals surface area contributed by atoms with E-state index in [9.17, 15) is 0 Å². The molecule has 0 radical (unpaired) electrons. The first-order chi connectivity index (χ1) is 7.54. The molecule has 1 unspecified atom stereocenters. The van der Waals surface area contributed by atoms with Crippen LogP contribution >= 0.6 is 0 Å². The van der Waals surface area contributed by atoms with E-state index < -0.39 is 5.79 Å². The molecule has 0 bridgehead atoms. The molecule has 0 N–H and O–H groups in total. The van der Waals surface area contributed by atoms with Crippen molar-refractivity contribution in [2.24, 2.45) is 5.92 Å². The van der Waals surface area contributed by atoms with Crippen LogP contribution in [-0.4, -0.2) is 18.0 Å². The summed E-state index contributed by atoms with van der Waals surface area (Å²) in [6.07, 6.45) is 4.13. The highest BCUT2D eigenvalue weighted by Crippen LogP contribution is 2.41. The van der Waals surface area contributed by atoms with E-state index in [0.29, 0.717) is 5.92 Å². The first kappa shape index (κ1) is 12.1. The predicted molar refractivity (Wildman–Crippen MR) is 61.7 cm³/mol. The maximum absolute atomic E-state index is 6.16. The van der Waals surface area contributed by atoms with E-state index in [0.717, 1.165) is 31.3 Å². The largest absolute Gasteiger partial charge is 0.340 e.